The summed E-state index contributed by atoms with van der Waals surface area (Å²) >= 11 is 0. The van der Waals surface area contributed by atoms with Crippen LogP contribution in [0.25, 0.3) is 67.8 Å². The molecule has 24 nitrogen and oxygen atoms in total. The quantitative estimate of drug-likeness (QED) is 0.0110. The van der Waals surface area contributed by atoms with Gasteiger partial charge in [-0.1, -0.05) is 66.2 Å². The number of methoxy groups -OCH3 is 1. The van der Waals surface area contributed by atoms with Crippen molar-refractivity contribution in [1.29, 1.82) is 0 Å². The molecule has 0 fully saturated rings. The fourth-order valence-electron chi connectivity index (χ4n) is 9.84. The zero-order valence-corrected chi connectivity index (χ0v) is 59.2. The summed E-state index contributed by atoms with van der Waals surface area (Å²) in [6, 6.07) is 54.0. The van der Waals surface area contributed by atoms with E-state index in [2.05, 4.69) is 60.1 Å². The molecule has 0 aliphatic carbocycles. The summed E-state index contributed by atoms with van der Waals surface area (Å²) in [5, 5.41) is 38.7. The van der Waals surface area contributed by atoms with E-state index in [4.69, 9.17) is 48.3 Å². The summed E-state index contributed by atoms with van der Waals surface area (Å²) in [7, 11) is -4.06. The van der Waals surface area contributed by atoms with Crippen LogP contribution < -0.4 is 31.1 Å². The van der Waals surface area contributed by atoms with Gasteiger partial charge in [0.1, 0.15) is 18.1 Å². The zero-order valence-electron chi connectivity index (χ0n) is 58.4. The monoisotopic (exact) mass is 1400 g/mol. The van der Waals surface area contributed by atoms with Crippen LogP contribution in [-0.2, 0) is 33.2 Å². The Morgan fingerprint density at radius 2 is 0.851 bits per heavy atom. The third-order valence-corrected chi connectivity index (χ3v) is 16.6. The van der Waals surface area contributed by atoms with Crippen molar-refractivity contribution in [3.05, 3.63) is 200 Å². The maximum atomic E-state index is 12.1. The van der Waals surface area contributed by atoms with Gasteiger partial charge in [-0.15, -0.1) is 0 Å². The van der Waals surface area contributed by atoms with Gasteiger partial charge in [0, 0.05) is 83.7 Å². The van der Waals surface area contributed by atoms with Crippen molar-refractivity contribution < 1.29 is 56.1 Å². The normalized spacial score (nSPS) is 11.2. The van der Waals surface area contributed by atoms with Crippen LogP contribution >= 0.6 is 0 Å². The molecule has 534 valence electrons. The lowest BCUT2D eigenvalue weighted by Gasteiger charge is -2.29. The van der Waals surface area contributed by atoms with Crippen LogP contribution in [0.5, 0.6) is 11.5 Å². The molecule has 6 aromatic heterocycles. The topological polar surface area (TPSA) is 305 Å². The summed E-state index contributed by atoms with van der Waals surface area (Å²) in [4.78, 5) is 31.3. The van der Waals surface area contributed by atoms with E-state index < -0.39 is 31.3 Å². The number of hydrogen-bond acceptors (Lipinski definition) is 24. The highest BCUT2D eigenvalue weighted by Gasteiger charge is 2.22. The van der Waals surface area contributed by atoms with Crippen LogP contribution in [0.3, 0.4) is 0 Å². The van der Waals surface area contributed by atoms with E-state index in [1.165, 1.54) is 12.1 Å². The van der Waals surface area contributed by atoms with Crippen molar-refractivity contribution in [2.75, 3.05) is 139 Å². The highest BCUT2D eigenvalue weighted by molar-refractivity contribution is 7.86. The second kappa shape index (κ2) is 45.6. The Labute approximate surface area is 596 Å². The van der Waals surface area contributed by atoms with E-state index in [9.17, 15) is 23.5 Å². The number of nitrogens with zero attached hydrogens (tertiary/aromatic N) is 8. The SMILES string of the molecule is CB(O)NCCN(CCN(CCOCCOCCOS(=O)(=O)c1ccc(C)cc1)B(C)O)B(C)O.COc1ccc(-c2cc(-c3ccccn3)nc(-c3ccccn3)c2)cc1.NCCNCCNCCOCCOCCOc1ccc(-c2cc(-c3ccccn3)nc(-c3ccccn3)c2)cc1. The van der Waals surface area contributed by atoms with Gasteiger partial charge in [-0.3, -0.25) is 24.1 Å². The average molecular weight is 1400 g/mol. The second-order valence-electron chi connectivity index (χ2n) is 23.0. The Hall–Kier alpha value is -8.26. The van der Waals surface area contributed by atoms with Crippen LogP contribution in [0.4, 0.5) is 0 Å². The van der Waals surface area contributed by atoms with Crippen LogP contribution in [-0.4, -0.2) is 223 Å². The fourth-order valence-corrected chi connectivity index (χ4v) is 10.7. The molecule has 9 aromatic rings. The van der Waals surface area contributed by atoms with Crippen molar-refractivity contribution >= 4 is 31.3 Å². The summed E-state index contributed by atoms with van der Waals surface area (Å²) in [6.07, 6.45) is 7.10. The number of ether oxygens (including phenoxy) is 6. The smallest absolute Gasteiger partial charge is 0.376 e. The first-order valence-electron chi connectivity index (χ1n) is 33.9. The largest absolute Gasteiger partial charge is 0.497 e. The van der Waals surface area contributed by atoms with E-state index in [1.54, 1.807) is 64.5 Å². The standard InChI is InChI=1S/C31H38N6O3.C22H17N3O.C20H40B3N3O8S/c32-11-14-33-15-16-34-17-18-38-19-20-39-21-22-40-27-9-7-25(8-10-27)26-23-30(28-5-1-3-12-35-28)37-31(24-26)29-6-2-4-13-36-29;1-26-18-10-8-16(9-11-18)17-14-21(19-6-2-4-12-23-19)25-22(15-17)20-7-3-5-13-24-20;1-19-5-7-20(8-6-19)35(30,31)34-18-17-33-16-15-32-14-13-26(23(4)29)12-11-25(22(3)28)10-9-24-21(2)27/h1-10,12-13,23-24,33-34H,11,14-22,32H2;2-15H,1H3;5-8,24,27-29H,9-18H2,1-4H3. The number of aryl methyl sites for hydroxylation is 1. The minimum absolute atomic E-state index is 0.0848. The summed E-state index contributed by atoms with van der Waals surface area (Å²) in [5.41, 5.74) is 17.2. The Morgan fingerprint density at radius 3 is 1.28 bits per heavy atom. The van der Waals surface area contributed by atoms with Gasteiger partial charge < -0.3 is 74.7 Å². The summed E-state index contributed by atoms with van der Waals surface area (Å²) in [5.74, 6) is 1.62. The van der Waals surface area contributed by atoms with E-state index in [-0.39, 0.29) is 24.7 Å². The number of nitrogens with two attached hydrogens (primary N) is 1. The Bertz CT molecular complexity index is 3710. The maximum absolute atomic E-state index is 12.1. The van der Waals surface area contributed by atoms with E-state index in [1.807, 2.05) is 138 Å². The Morgan fingerprint density at radius 1 is 0.436 bits per heavy atom. The first kappa shape index (κ1) is 80.1. The van der Waals surface area contributed by atoms with Gasteiger partial charge in [0.15, 0.2) is 0 Å². The number of rotatable bonds is 42. The first-order chi connectivity index (χ1) is 49.2. The Kier molecular flexibility index (Phi) is 36.1. The van der Waals surface area contributed by atoms with E-state index in [0.717, 1.165) is 111 Å². The number of nitrogens with one attached hydrogen (secondary N) is 3. The molecule has 0 spiro atoms. The number of pyridine rings is 6. The molecule has 0 atom stereocenters. The molecule has 6 heterocycles. The average Bonchev–Trinajstić information content (AvgIpc) is 0.812. The van der Waals surface area contributed by atoms with Crippen LogP contribution in [0, 0.1) is 6.92 Å². The van der Waals surface area contributed by atoms with Crippen molar-refractivity contribution in [2.24, 2.45) is 5.73 Å². The predicted octanol–water partition coefficient (Wildman–Crippen LogP) is 7.56. The number of hydrogen-bond donors (Lipinski definition) is 7. The molecule has 0 aliphatic rings. The van der Waals surface area contributed by atoms with Gasteiger partial charge in [0.2, 0.25) is 0 Å². The molecule has 9 rings (SSSR count). The molecule has 101 heavy (non-hydrogen) atoms. The van der Waals surface area contributed by atoms with Gasteiger partial charge in [-0.05, 0) is 165 Å². The van der Waals surface area contributed by atoms with E-state index in [0.29, 0.717) is 85.5 Å². The lowest BCUT2D eigenvalue weighted by Crippen LogP contribution is -2.49. The number of aromatic nitrogens is 6. The van der Waals surface area contributed by atoms with Gasteiger partial charge in [-0.2, -0.15) is 8.42 Å². The van der Waals surface area contributed by atoms with Gasteiger partial charge in [0.05, 0.1) is 117 Å². The lowest BCUT2D eigenvalue weighted by atomic mass is 9.82. The molecule has 3 aromatic carbocycles. The third kappa shape index (κ3) is 29.7. The molecule has 0 bridgehead atoms. The molecule has 8 N–H and O–H groups in total. The van der Waals surface area contributed by atoms with Gasteiger partial charge in [0.25, 0.3) is 10.1 Å². The molecule has 0 saturated heterocycles. The van der Waals surface area contributed by atoms with Crippen LogP contribution in [0.15, 0.2) is 200 Å². The molecule has 28 heteroatoms. The second-order valence-corrected chi connectivity index (χ2v) is 24.6. The van der Waals surface area contributed by atoms with Crippen LogP contribution in [0.1, 0.15) is 5.56 Å². The predicted molar refractivity (Wildman–Crippen MR) is 399 cm³/mol. The minimum Gasteiger partial charge on any atom is -0.497 e. The highest BCUT2D eigenvalue weighted by Crippen LogP contribution is 2.32. The van der Waals surface area contributed by atoms with Crippen molar-refractivity contribution in [3.63, 3.8) is 0 Å². The molecule has 0 radical (unpaired) electrons. The first-order valence-corrected chi connectivity index (χ1v) is 35.3. The minimum atomic E-state index is -3.80. The molecular formula is C73H95B3N12O12S. The van der Waals surface area contributed by atoms with Crippen LogP contribution in [0.2, 0.25) is 20.5 Å². The highest BCUT2D eigenvalue weighted by atomic mass is 32.2. The zero-order chi connectivity index (χ0) is 71.7. The van der Waals surface area contributed by atoms with Gasteiger partial charge >= 0.3 is 21.2 Å². The molecule has 0 unspecified atom stereocenters. The fraction of sp³-hybridized carbons (Fsp3) is 0.342. The lowest BCUT2D eigenvalue weighted by molar-refractivity contribution is 0.0336. The molecule has 0 aliphatic heterocycles. The van der Waals surface area contributed by atoms with Crippen molar-refractivity contribution in [3.8, 4) is 79.3 Å². The molecular weight excluding hydrogens is 1300 g/mol. The molecule has 0 amide bonds. The van der Waals surface area contributed by atoms with Crippen molar-refractivity contribution in [1.82, 2.24) is 55.4 Å². The summed E-state index contributed by atoms with van der Waals surface area (Å²) in [6.45, 7) is 17.4. The van der Waals surface area contributed by atoms with Crippen molar-refractivity contribution in [2.45, 2.75) is 32.3 Å². The Balaban J connectivity index is 0.000000217. The third-order valence-electron chi connectivity index (χ3n) is 15.3. The molecule has 0 saturated carbocycles. The number of benzene rings is 3. The summed E-state index contributed by atoms with van der Waals surface area (Å²) < 4.78 is 62.4. The van der Waals surface area contributed by atoms with Gasteiger partial charge in [-0.25, -0.2) is 9.97 Å². The van der Waals surface area contributed by atoms with E-state index >= 15 is 0 Å². The maximum Gasteiger partial charge on any atom is 0.376 e.